The maximum Gasteiger partial charge on any atom is 0.103 e. The molecule has 3 aromatic rings. The lowest BCUT2D eigenvalue weighted by Crippen LogP contribution is -1.89. The molecule has 0 atom stereocenters. The van der Waals surface area contributed by atoms with Crippen molar-refractivity contribution < 1.29 is 0 Å². The zero-order chi connectivity index (χ0) is 14.3. The number of nitrogens with zero attached hydrogens (tertiary/aromatic N) is 2. The van der Waals surface area contributed by atoms with Gasteiger partial charge in [-0.15, -0.1) is 32.9 Å². The topological polar surface area (TPSA) is 25.8 Å². The lowest BCUT2D eigenvalue weighted by atomic mass is 10.2. The molecule has 0 fully saturated rings. The Kier molecular flexibility index (Phi) is 4.08. The van der Waals surface area contributed by atoms with E-state index in [1.807, 2.05) is 12.1 Å². The summed E-state index contributed by atoms with van der Waals surface area (Å²) < 4.78 is 2.24. The van der Waals surface area contributed by atoms with Crippen LogP contribution in [0.5, 0.6) is 0 Å². The minimum Gasteiger partial charge on any atom is -0.149 e. The fourth-order valence-electron chi connectivity index (χ4n) is 1.97. The van der Waals surface area contributed by atoms with Crippen LogP contribution in [0.15, 0.2) is 31.8 Å². The fourth-order valence-corrected chi connectivity index (χ4v) is 5.36. The summed E-state index contributed by atoms with van der Waals surface area (Å²) in [5.74, 6) is 0. The zero-order valence-corrected chi connectivity index (χ0v) is 15.6. The van der Waals surface area contributed by atoms with E-state index < -0.39 is 0 Å². The summed E-state index contributed by atoms with van der Waals surface area (Å²) in [6.45, 7) is 4.18. The molecule has 3 rings (SSSR count). The standard InChI is InChI=1S/C14H10Br2N2S2/c1-7-5-11(15)19-13(7)9-3-4-10(18-17-9)14-8(2)6-12(16)20-14/h3-6H,1-2H3. The van der Waals surface area contributed by atoms with Gasteiger partial charge in [0.25, 0.3) is 0 Å². The molecular weight excluding hydrogens is 420 g/mol. The average molecular weight is 430 g/mol. The third kappa shape index (κ3) is 2.74. The van der Waals surface area contributed by atoms with Crippen LogP contribution in [0.4, 0.5) is 0 Å². The van der Waals surface area contributed by atoms with Gasteiger partial charge in [0.1, 0.15) is 11.4 Å². The number of aromatic nitrogens is 2. The van der Waals surface area contributed by atoms with Gasteiger partial charge in [-0.2, -0.15) is 0 Å². The predicted molar refractivity (Wildman–Crippen MR) is 93.5 cm³/mol. The molecule has 6 heteroatoms. The van der Waals surface area contributed by atoms with Gasteiger partial charge in [0.2, 0.25) is 0 Å². The van der Waals surface area contributed by atoms with Crippen LogP contribution in [-0.2, 0) is 0 Å². The van der Waals surface area contributed by atoms with Crippen LogP contribution in [0.25, 0.3) is 21.1 Å². The highest BCUT2D eigenvalue weighted by Crippen LogP contribution is 2.36. The average Bonchev–Trinajstić information content (AvgIpc) is 2.92. The first-order valence-electron chi connectivity index (χ1n) is 5.91. The van der Waals surface area contributed by atoms with Crippen molar-refractivity contribution in [2.24, 2.45) is 0 Å². The molecule has 0 unspecified atom stereocenters. The lowest BCUT2D eigenvalue weighted by Gasteiger charge is -2.01. The van der Waals surface area contributed by atoms with Crippen LogP contribution in [0.2, 0.25) is 0 Å². The third-order valence-electron chi connectivity index (χ3n) is 2.91. The summed E-state index contributed by atoms with van der Waals surface area (Å²) in [6, 6.07) is 8.30. The van der Waals surface area contributed by atoms with Crippen molar-refractivity contribution in [1.29, 1.82) is 0 Å². The van der Waals surface area contributed by atoms with Gasteiger partial charge >= 0.3 is 0 Å². The minimum atomic E-state index is 0.926. The molecule has 0 aliphatic rings. The van der Waals surface area contributed by atoms with Crippen molar-refractivity contribution >= 4 is 54.5 Å². The molecular formula is C14H10Br2N2S2. The lowest BCUT2D eigenvalue weighted by molar-refractivity contribution is 1.05. The number of hydrogen-bond donors (Lipinski definition) is 0. The summed E-state index contributed by atoms with van der Waals surface area (Å²) in [6.07, 6.45) is 0. The van der Waals surface area contributed by atoms with Crippen molar-refractivity contribution in [3.8, 4) is 21.1 Å². The molecule has 20 heavy (non-hydrogen) atoms. The normalized spacial score (nSPS) is 11.0. The van der Waals surface area contributed by atoms with E-state index in [0.29, 0.717) is 0 Å². The Balaban J connectivity index is 1.99. The highest BCUT2D eigenvalue weighted by atomic mass is 79.9. The summed E-state index contributed by atoms with van der Waals surface area (Å²) in [5.41, 5.74) is 4.29. The van der Waals surface area contributed by atoms with Crippen LogP contribution in [-0.4, -0.2) is 10.2 Å². The Morgan fingerprint density at radius 1 is 0.800 bits per heavy atom. The van der Waals surface area contributed by atoms with Crippen molar-refractivity contribution in [1.82, 2.24) is 10.2 Å². The van der Waals surface area contributed by atoms with E-state index >= 15 is 0 Å². The van der Waals surface area contributed by atoms with Gasteiger partial charge in [-0.05, 0) is 81.1 Å². The molecule has 0 saturated carbocycles. The van der Waals surface area contributed by atoms with Crippen molar-refractivity contribution in [3.63, 3.8) is 0 Å². The van der Waals surface area contributed by atoms with Gasteiger partial charge < -0.3 is 0 Å². The summed E-state index contributed by atoms with van der Waals surface area (Å²) in [5, 5.41) is 8.76. The number of rotatable bonds is 2. The van der Waals surface area contributed by atoms with E-state index in [2.05, 4.69) is 68.0 Å². The number of halogens is 2. The van der Waals surface area contributed by atoms with E-state index in [1.54, 1.807) is 22.7 Å². The highest BCUT2D eigenvalue weighted by molar-refractivity contribution is 9.11. The quantitative estimate of drug-likeness (QED) is 0.493. The van der Waals surface area contributed by atoms with E-state index in [1.165, 1.54) is 20.9 Å². The van der Waals surface area contributed by atoms with Crippen LogP contribution in [0.1, 0.15) is 11.1 Å². The highest BCUT2D eigenvalue weighted by Gasteiger charge is 2.11. The Bertz CT molecular complexity index is 695. The molecule has 102 valence electrons. The minimum absolute atomic E-state index is 0.926. The Labute approximate surface area is 142 Å². The Morgan fingerprint density at radius 3 is 1.45 bits per heavy atom. The van der Waals surface area contributed by atoms with Crippen LogP contribution < -0.4 is 0 Å². The molecule has 0 radical (unpaired) electrons. The summed E-state index contributed by atoms with van der Waals surface area (Å²) in [4.78, 5) is 2.33. The van der Waals surface area contributed by atoms with Crippen molar-refractivity contribution in [3.05, 3.63) is 43.0 Å². The van der Waals surface area contributed by atoms with Gasteiger partial charge in [0, 0.05) is 0 Å². The maximum atomic E-state index is 4.38. The van der Waals surface area contributed by atoms with E-state index in [4.69, 9.17) is 0 Å². The molecule has 2 nitrogen and oxygen atoms in total. The van der Waals surface area contributed by atoms with Gasteiger partial charge in [-0.3, -0.25) is 0 Å². The van der Waals surface area contributed by atoms with E-state index in [0.717, 1.165) is 19.0 Å². The van der Waals surface area contributed by atoms with Crippen molar-refractivity contribution in [2.45, 2.75) is 13.8 Å². The molecule has 0 aliphatic heterocycles. The monoisotopic (exact) mass is 428 g/mol. The molecule has 0 spiro atoms. The van der Waals surface area contributed by atoms with Crippen LogP contribution in [0, 0.1) is 13.8 Å². The molecule has 0 aromatic carbocycles. The summed E-state index contributed by atoms with van der Waals surface area (Å²) >= 11 is 10.4. The Morgan fingerprint density at radius 2 is 1.20 bits per heavy atom. The van der Waals surface area contributed by atoms with Gasteiger partial charge in [-0.1, -0.05) is 0 Å². The molecule has 0 saturated heterocycles. The van der Waals surface area contributed by atoms with Gasteiger partial charge in [-0.25, -0.2) is 0 Å². The van der Waals surface area contributed by atoms with Crippen LogP contribution >= 0.6 is 54.5 Å². The maximum absolute atomic E-state index is 4.38. The molecule has 0 bridgehead atoms. The van der Waals surface area contributed by atoms with Crippen molar-refractivity contribution in [2.75, 3.05) is 0 Å². The van der Waals surface area contributed by atoms with E-state index in [9.17, 15) is 0 Å². The number of hydrogen-bond acceptors (Lipinski definition) is 4. The van der Waals surface area contributed by atoms with Crippen LogP contribution in [0.3, 0.4) is 0 Å². The largest absolute Gasteiger partial charge is 0.149 e. The van der Waals surface area contributed by atoms with E-state index in [-0.39, 0.29) is 0 Å². The summed E-state index contributed by atoms with van der Waals surface area (Å²) in [7, 11) is 0. The molecule has 0 amide bonds. The second-order valence-corrected chi connectivity index (χ2v) is 9.29. The Hall–Kier alpha value is -0.560. The van der Waals surface area contributed by atoms with Gasteiger partial charge in [0.05, 0.1) is 17.3 Å². The molecule has 3 heterocycles. The number of aryl methyl sites for hydroxylation is 2. The molecule has 0 aliphatic carbocycles. The first-order chi connectivity index (χ1) is 9.54. The second-order valence-electron chi connectivity index (χ2n) is 4.43. The predicted octanol–water partition coefficient (Wildman–Crippen LogP) is 6.08. The smallest absolute Gasteiger partial charge is 0.103 e. The first-order valence-corrected chi connectivity index (χ1v) is 9.13. The fraction of sp³-hybridized carbons (Fsp3) is 0.143. The second kappa shape index (κ2) is 5.67. The molecule has 0 N–H and O–H groups in total. The third-order valence-corrected chi connectivity index (χ3v) is 6.43. The molecule has 3 aromatic heterocycles. The number of thiophene rings is 2. The SMILES string of the molecule is Cc1cc(Br)sc1-c1ccc(-c2sc(Br)cc2C)nn1. The van der Waals surface area contributed by atoms with Gasteiger partial charge in [0.15, 0.2) is 0 Å². The zero-order valence-electron chi connectivity index (χ0n) is 10.8. The first kappa shape index (κ1) is 14.4.